The third-order valence-electron chi connectivity index (χ3n) is 2.89. The number of hydrogen-bond donors (Lipinski definition) is 0. The molecular weight excluding hydrogens is 230 g/mol. The fraction of sp³-hybridized carbons (Fsp3) is 0.267. The van der Waals surface area contributed by atoms with Crippen LogP contribution in [0.15, 0.2) is 48.8 Å². The smallest absolute Gasteiger partial charge is 0.0836 e. The Balaban J connectivity index is 2.23. The van der Waals surface area contributed by atoms with E-state index in [9.17, 15) is 0 Å². The average molecular weight is 246 g/mol. The van der Waals surface area contributed by atoms with Crippen molar-refractivity contribution in [3.8, 4) is 0 Å². The maximum atomic E-state index is 6.44. The van der Waals surface area contributed by atoms with Gasteiger partial charge in [-0.2, -0.15) is 0 Å². The Morgan fingerprint density at radius 3 is 1.82 bits per heavy atom. The molecule has 1 nitrogen and oxygen atoms in total. The van der Waals surface area contributed by atoms with Crippen molar-refractivity contribution in [1.82, 2.24) is 4.98 Å². The second-order valence-electron chi connectivity index (χ2n) is 4.46. The largest absolute Gasteiger partial charge is 0.265 e. The van der Waals surface area contributed by atoms with Crippen LogP contribution in [0, 0.1) is 0 Å². The van der Waals surface area contributed by atoms with Crippen LogP contribution < -0.4 is 0 Å². The Morgan fingerprint density at radius 1 is 0.824 bits per heavy atom. The molecule has 2 aromatic rings. The molecule has 1 aromatic heterocycles. The molecule has 0 spiro atoms. The van der Waals surface area contributed by atoms with E-state index in [4.69, 9.17) is 11.6 Å². The third-order valence-corrected chi connectivity index (χ3v) is 3.40. The van der Waals surface area contributed by atoms with Crippen LogP contribution in [0.25, 0.3) is 0 Å². The molecule has 0 saturated heterocycles. The molecule has 0 aliphatic rings. The van der Waals surface area contributed by atoms with Crippen LogP contribution in [-0.4, -0.2) is 4.98 Å². The minimum absolute atomic E-state index is 0.0980. The summed E-state index contributed by atoms with van der Waals surface area (Å²) in [6.07, 6.45) is 3.54. The standard InChI is InChI=1S/C15H16ClN/c1-11(2)12-3-5-13(6-4-12)15(16)14-7-9-17-10-8-14/h3-11,15H,1-2H3. The first kappa shape index (κ1) is 12.1. The van der Waals surface area contributed by atoms with E-state index in [2.05, 4.69) is 43.1 Å². The van der Waals surface area contributed by atoms with Gasteiger partial charge in [0.15, 0.2) is 0 Å². The normalized spacial score (nSPS) is 12.7. The predicted octanol–water partition coefficient (Wildman–Crippen LogP) is 4.53. The zero-order valence-corrected chi connectivity index (χ0v) is 10.9. The van der Waals surface area contributed by atoms with Crippen LogP contribution in [0.3, 0.4) is 0 Å². The summed E-state index contributed by atoms with van der Waals surface area (Å²) < 4.78 is 0. The van der Waals surface area contributed by atoms with Gasteiger partial charge < -0.3 is 0 Å². The Labute approximate surface area is 107 Å². The Morgan fingerprint density at radius 2 is 1.29 bits per heavy atom. The van der Waals surface area contributed by atoms with E-state index >= 15 is 0 Å². The van der Waals surface area contributed by atoms with Gasteiger partial charge in [-0.25, -0.2) is 0 Å². The number of halogens is 1. The van der Waals surface area contributed by atoms with Crippen LogP contribution >= 0.6 is 11.6 Å². The van der Waals surface area contributed by atoms with E-state index < -0.39 is 0 Å². The van der Waals surface area contributed by atoms with Gasteiger partial charge in [-0.05, 0) is 34.7 Å². The van der Waals surface area contributed by atoms with Crippen molar-refractivity contribution in [1.29, 1.82) is 0 Å². The predicted molar refractivity (Wildman–Crippen MR) is 72.5 cm³/mol. The highest BCUT2D eigenvalue weighted by molar-refractivity contribution is 6.22. The highest BCUT2D eigenvalue weighted by Gasteiger charge is 2.10. The second kappa shape index (κ2) is 5.33. The van der Waals surface area contributed by atoms with E-state index in [1.807, 2.05) is 12.1 Å². The summed E-state index contributed by atoms with van der Waals surface area (Å²) in [5.74, 6) is 0.554. The van der Waals surface area contributed by atoms with Gasteiger partial charge in [0.2, 0.25) is 0 Å². The van der Waals surface area contributed by atoms with Gasteiger partial charge in [0.25, 0.3) is 0 Å². The number of alkyl halides is 1. The molecule has 0 saturated carbocycles. The molecule has 0 aliphatic heterocycles. The second-order valence-corrected chi connectivity index (χ2v) is 4.90. The Kier molecular flexibility index (Phi) is 3.80. The molecular formula is C15H16ClN. The molecule has 0 radical (unpaired) electrons. The summed E-state index contributed by atoms with van der Waals surface area (Å²) in [5.41, 5.74) is 3.55. The summed E-state index contributed by atoms with van der Waals surface area (Å²) in [5, 5.41) is -0.0980. The zero-order valence-electron chi connectivity index (χ0n) is 10.1. The molecule has 17 heavy (non-hydrogen) atoms. The summed E-state index contributed by atoms with van der Waals surface area (Å²) in [6, 6.07) is 12.4. The van der Waals surface area contributed by atoms with E-state index in [0.717, 1.165) is 11.1 Å². The first-order valence-corrected chi connectivity index (χ1v) is 6.26. The molecule has 1 unspecified atom stereocenters. The van der Waals surface area contributed by atoms with Crippen molar-refractivity contribution in [2.24, 2.45) is 0 Å². The van der Waals surface area contributed by atoms with Crippen LogP contribution in [0.2, 0.25) is 0 Å². The molecule has 2 rings (SSSR count). The van der Waals surface area contributed by atoms with Crippen LogP contribution in [-0.2, 0) is 0 Å². The monoisotopic (exact) mass is 245 g/mol. The van der Waals surface area contributed by atoms with Crippen LogP contribution in [0.1, 0.15) is 41.8 Å². The lowest BCUT2D eigenvalue weighted by Crippen LogP contribution is -1.94. The van der Waals surface area contributed by atoms with Gasteiger partial charge in [-0.3, -0.25) is 4.98 Å². The molecule has 1 heterocycles. The van der Waals surface area contributed by atoms with Crippen molar-refractivity contribution in [2.45, 2.75) is 25.1 Å². The molecule has 0 aliphatic carbocycles. The summed E-state index contributed by atoms with van der Waals surface area (Å²) in [6.45, 7) is 4.38. The lowest BCUT2D eigenvalue weighted by atomic mass is 9.99. The molecule has 0 fully saturated rings. The van der Waals surface area contributed by atoms with E-state index in [0.29, 0.717) is 5.92 Å². The highest BCUT2D eigenvalue weighted by atomic mass is 35.5. The maximum Gasteiger partial charge on any atom is 0.0836 e. The molecule has 0 bridgehead atoms. The number of hydrogen-bond acceptors (Lipinski definition) is 1. The number of pyridine rings is 1. The lowest BCUT2D eigenvalue weighted by molar-refractivity contribution is 0.865. The van der Waals surface area contributed by atoms with E-state index in [-0.39, 0.29) is 5.38 Å². The quantitative estimate of drug-likeness (QED) is 0.724. The summed E-state index contributed by atoms with van der Waals surface area (Å²) in [4.78, 5) is 4.00. The molecule has 1 aromatic carbocycles. The fourth-order valence-electron chi connectivity index (χ4n) is 1.77. The zero-order chi connectivity index (χ0) is 12.3. The number of rotatable bonds is 3. The van der Waals surface area contributed by atoms with Gasteiger partial charge in [0.05, 0.1) is 5.38 Å². The topological polar surface area (TPSA) is 12.9 Å². The maximum absolute atomic E-state index is 6.44. The van der Waals surface area contributed by atoms with E-state index in [1.165, 1.54) is 5.56 Å². The minimum Gasteiger partial charge on any atom is -0.265 e. The fourth-order valence-corrected chi connectivity index (χ4v) is 2.07. The van der Waals surface area contributed by atoms with Gasteiger partial charge in [0, 0.05) is 12.4 Å². The first-order chi connectivity index (χ1) is 8.18. The number of nitrogens with zero attached hydrogens (tertiary/aromatic N) is 1. The Hall–Kier alpha value is -1.34. The van der Waals surface area contributed by atoms with Crippen molar-refractivity contribution >= 4 is 11.6 Å². The third kappa shape index (κ3) is 2.86. The van der Waals surface area contributed by atoms with Crippen molar-refractivity contribution in [3.05, 3.63) is 65.5 Å². The number of aromatic nitrogens is 1. The highest BCUT2D eigenvalue weighted by Crippen LogP contribution is 2.29. The van der Waals surface area contributed by atoms with Gasteiger partial charge in [-0.15, -0.1) is 11.6 Å². The van der Waals surface area contributed by atoms with Gasteiger partial charge in [-0.1, -0.05) is 38.1 Å². The average Bonchev–Trinajstić information content (AvgIpc) is 2.39. The van der Waals surface area contributed by atoms with Crippen molar-refractivity contribution < 1.29 is 0 Å². The van der Waals surface area contributed by atoms with Gasteiger partial charge >= 0.3 is 0 Å². The minimum atomic E-state index is -0.0980. The molecule has 0 N–H and O–H groups in total. The molecule has 1 atom stereocenters. The van der Waals surface area contributed by atoms with Crippen LogP contribution in [0.5, 0.6) is 0 Å². The SMILES string of the molecule is CC(C)c1ccc(C(Cl)c2ccncc2)cc1. The van der Waals surface area contributed by atoms with Crippen LogP contribution in [0.4, 0.5) is 0 Å². The van der Waals surface area contributed by atoms with Crippen molar-refractivity contribution in [3.63, 3.8) is 0 Å². The number of benzene rings is 1. The lowest BCUT2D eigenvalue weighted by Gasteiger charge is -2.12. The summed E-state index contributed by atoms with van der Waals surface area (Å²) in [7, 11) is 0. The molecule has 88 valence electrons. The molecule has 0 amide bonds. The van der Waals surface area contributed by atoms with Gasteiger partial charge in [0.1, 0.15) is 0 Å². The summed E-state index contributed by atoms with van der Waals surface area (Å²) >= 11 is 6.44. The first-order valence-electron chi connectivity index (χ1n) is 5.82. The Bertz CT molecular complexity index is 462. The van der Waals surface area contributed by atoms with Crippen molar-refractivity contribution in [2.75, 3.05) is 0 Å². The molecule has 2 heteroatoms. The van der Waals surface area contributed by atoms with E-state index in [1.54, 1.807) is 12.4 Å².